The fraction of sp³-hybridized carbons (Fsp3) is 0.867. The van der Waals surface area contributed by atoms with Gasteiger partial charge in [0.05, 0.1) is 0 Å². The van der Waals surface area contributed by atoms with Gasteiger partial charge >= 0.3 is 6.03 Å². The summed E-state index contributed by atoms with van der Waals surface area (Å²) in [6.07, 6.45) is 8.18. The van der Waals surface area contributed by atoms with Gasteiger partial charge in [0.1, 0.15) is 5.54 Å². The number of carbonyl (C=O) groups is 2. The first-order valence-corrected chi connectivity index (χ1v) is 8.03. The van der Waals surface area contributed by atoms with Gasteiger partial charge in [0.15, 0.2) is 0 Å². The maximum absolute atomic E-state index is 12.9. The minimum atomic E-state index is -0.649. The molecule has 2 fully saturated rings. The van der Waals surface area contributed by atoms with Gasteiger partial charge in [-0.2, -0.15) is 0 Å². The number of likely N-dealkylation sites (tertiary alicyclic amines) is 1. The molecule has 1 aliphatic carbocycles. The Kier molecular flexibility index (Phi) is 5.26. The van der Waals surface area contributed by atoms with Gasteiger partial charge in [-0.15, -0.1) is 0 Å². The third-order valence-corrected chi connectivity index (χ3v) is 4.45. The zero-order chi connectivity index (χ0) is 14.4. The predicted octanol–water partition coefficient (Wildman–Crippen LogP) is 2.02. The smallest absolute Gasteiger partial charge is 0.315 e. The number of urea groups is 1. The van der Waals surface area contributed by atoms with Crippen molar-refractivity contribution in [1.82, 2.24) is 15.5 Å². The van der Waals surface area contributed by atoms with Crippen LogP contribution >= 0.6 is 0 Å². The number of amides is 3. The van der Waals surface area contributed by atoms with Crippen LogP contribution < -0.4 is 10.6 Å². The molecule has 0 aromatic heterocycles. The van der Waals surface area contributed by atoms with Crippen LogP contribution in [0.5, 0.6) is 0 Å². The summed E-state index contributed by atoms with van der Waals surface area (Å²) in [6.45, 7) is 4.16. The van der Waals surface area contributed by atoms with Gasteiger partial charge in [-0.3, -0.25) is 4.79 Å². The lowest BCUT2D eigenvalue weighted by Crippen LogP contribution is -2.60. The molecule has 0 radical (unpaired) electrons. The lowest BCUT2D eigenvalue weighted by molar-refractivity contribution is -0.137. The zero-order valence-electron chi connectivity index (χ0n) is 12.5. The molecule has 3 amide bonds. The first kappa shape index (κ1) is 15.1. The van der Waals surface area contributed by atoms with Crippen LogP contribution in [-0.4, -0.2) is 42.0 Å². The van der Waals surface area contributed by atoms with Crippen molar-refractivity contribution in [2.75, 3.05) is 19.6 Å². The normalized spacial score (nSPS) is 22.1. The van der Waals surface area contributed by atoms with Gasteiger partial charge in [-0.05, 0) is 32.6 Å². The van der Waals surface area contributed by atoms with Crippen molar-refractivity contribution in [2.24, 2.45) is 0 Å². The molecular weight excluding hydrogens is 254 g/mol. The van der Waals surface area contributed by atoms with E-state index in [0.29, 0.717) is 6.54 Å². The van der Waals surface area contributed by atoms with Crippen LogP contribution in [0.3, 0.4) is 0 Å². The highest BCUT2D eigenvalue weighted by atomic mass is 16.2. The van der Waals surface area contributed by atoms with Crippen LogP contribution in [0, 0.1) is 0 Å². The third-order valence-electron chi connectivity index (χ3n) is 4.45. The second kappa shape index (κ2) is 6.95. The average molecular weight is 281 g/mol. The summed E-state index contributed by atoms with van der Waals surface area (Å²) in [5, 5.41) is 5.72. The maximum atomic E-state index is 12.9. The van der Waals surface area contributed by atoms with Crippen molar-refractivity contribution in [3.8, 4) is 0 Å². The van der Waals surface area contributed by atoms with Crippen LogP contribution in [0.2, 0.25) is 0 Å². The molecule has 2 aliphatic rings. The second-order valence-corrected chi connectivity index (χ2v) is 5.98. The molecule has 114 valence electrons. The summed E-state index contributed by atoms with van der Waals surface area (Å²) in [5.74, 6) is 0.142. The van der Waals surface area contributed by atoms with Crippen LogP contribution in [0.25, 0.3) is 0 Å². The van der Waals surface area contributed by atoms with E-state index >= 15 is 0 Å². The van der Waals surface area contributed by atoms with Gasteiger partial charge < -0.3 is 15.5 Å². The molecule has 2 rings (SSSR count). The molecule has 0 unspecified atom stereocenters. The van der Waals surface area contributed by atoms with Gasteiger partial charge in [0.25, 0.3) is 0 Å². The Morgan fingerprint density at radius 1 is 1.00 bits per heavy atom. The topological polar surface area (TPSA) is 61.4 Å². The number of hydrogen-bond acceptors (Lipinski definition) is 2. The van der Waals surface area contributed by atoms with E-state index in [2.05, 4.69) is 10.6 Å². The third kappa shape index (κ3) is 3.44. The van der Waals surface area contributed by atoms with Gasteiger partial charge in [0, 0.05) is 19.6 Å². The minimum absolute atomic E-state index is 0.142. The maximum Gasteiger partial charge on any atom is 0.315 e. The summed E-state index contributed by atoms with van der Waals surface area (Å²) in [7, 11) is 0. The van der Waals surface area contributed by atoms with E-state index in [4.69, 9.17) is 0 Å². The van der Waals surface area contributed by atoms with Crippen molar-refractivity contribution in [3.63, 3.8) is 0 Å². The Labute approximate surface area is 121 Å². The highest BCUT2D eigenvalue weighted by Crippen LogP contribution is 2.32. The molecule has 0 spiro atoms. The first-order chi connectivity index (χ1) is 9.68. The van der Waals surface area contributed by atoms with Crippen molar-refractivity contribution >= 4 is 11.9 Å². The fourth-order valence-corrected chi connectivity index (χ4v) is 3.37. The molecule has 1 heterocycles. The SMILES string of the molecule is CCNC(=O)NC1(C(=O)N2CCCCCC2)CCCC1. The highest BCUT2D eigenvalue weighted by Gasteiger charge is 2.44. The minimum Gasteiger partial charge on any atom is -0.341 e. The summed E-state index contributed by atoms with van der Waals surface area (Å²) in [6, 6.07) is -0.211. The van der Waals surface area contributed by atoms with E-state index in [1.54, 1.807) is 0 Å². The van der Waals surface area contributed by atoms with Gasteiger partial charge in [0.2, 0.25) is 5.91 Å². The second-order valence-electron chi connectivity index (χ2n) is 5.98. The molecule has 20 heavy (non-hydrogen) atoms. The Morgan fingerprint density at radius 2 is 1.60 bits per heavy atom. The molecule has 0 bridgehead atoms. The van der Waals surface area contributed by atoms with Crippen molar-refractivity contribution in [1.29, 1.82) is 0 Å². The lowest BCUT2D eigenvalue weighted by Gasteiger charge is -2.34. The number of nitrogens with one attached hydrogen (secondary N) is 2. The summed E-state index contributed by atoms with van der Waals surface area (Å²) >= 11 is 0. The molecule has 0 aromatic carbocycles. The van der Waals surface area contributed by atoms with Crippen LogP contribution in [0.1, 0.15) is 58.3 Å². The lowest BCUT2D eigenvalue weighted by atomic mass is 9.95. The van der Waals surface area contributed by atoms with E-state index in [1.165, 1.54) is 12.8 Å². The first-order valence-electron chi connectivity index (χ1n) is 8.03. The Morgan fingerprint density at radius 3 is 2.15 bits per heavy atom. The molecule has 1 saturated carbocycles. The van der Waals surface area contributed by atoms with Crippen molar-refractivity contribution in [2.45, 2.75) is 63.8 Å². The average Bonchev–Trinajstić information content (AvgIpc) is 2.74. The molecule has 0 aromatic rings. The zero-order valence-corrected chi connectivity index (χ0v) is 12.5. The number of carbonyl (C=O) groups excluding carboxylic acids is 2. The molecule has 1 saturated heterocycles. The molecule has 5 heteroatoms. The number of hydrogen-bond donors (Lipinski definition) is 2. The Balaban J connectivity index is 2.06. The summed E-state index contributed by atoms with van der Waals surface area (Å²) in [5.41, 5.74) is -0.649. The van der Waals surface area contributed by atoms with Gasteiger partial charge in [-0.1, -0.05) is 25.7 Å². The van der Waals surface area contributed by atoms with Crippen LogP contribution in [0.15, 0.2) is 0 Å². The molecule has 0 atom stereocenters. The van der Waals surface area contributed by atoms with E-state index in [0.717, 1.165) is 51.6 Å². The van der Waals surface area contributed by atoms with E-state index in [9.17, 15) is 9.59 Å². The molecule has 2 N–H and O–H groups in total. The highest BCUT2D eigenvalue weighted by molar-refractivity contribution is 5.91. The Bertz CT molecular complexity index is 343. The number of nitrogens with zero attached hydrogens (tertiary/aromatic N) is 1. The summed E-state index contributed by atoms with van der Waals surface area (Å²) in [4.78, 5) is 26.7. The van der Waals surface area contributed by atoms with E-state index in [-0.39, 0.29) is 11.9 Å². The largest absolute Gasteiger partial charge is 0.341 e. The van der Waals surface area contributed by atoms with E-state index < -0.39 is 5.54 Å². The molecule has 5 nitrogen and oxygen atoms in total. The monoisotopic (exact) mass is 281 g/mol. The summed E-state index contributed by atoms with van der Waals surface area (Å²) < 4.78 is 0. The molecule has 1 aliphatic heterocycles. The predicted molar refractivity (Wildman–Crippen MR) is 78.5 cm³/mol. The molecular formula is C15H27N3O2. The number of rotatable bonds is 3. The Hall–Kier alpha value is -1.26. The van der Waals surface area contributed by atoms with E-state index in [1.807, 2.05) is 11.8 Å². The van der Waals surface area contributed by atoms with Crippen LogP contribution in [0.4, 0.5) is 4.79 Å². The standard InChI is InChI=1S/C15H27N3O2/c1-2-16-14(20)17-15(9-5-6-10-15)13(19)18-11-7-3-4-8-12-18/h2-12H2,1H3,(H2,16,17,20). The fourth-order valence-electron chi connectivity index (χ4n) is 3.37. The van der Waals surface area contributed by atoms with Crippen LogP contribution in [-0.2, 0) is 4.79 Å². The van der Waals surface area contributed by atoms with Crippen molar-refractivity contribution in [3.05, 3.63) is 0 Å². The van der Waals surface area contributed by atoms with Gasteiger partial charge in [-0.25, -0.2) is 4.79 Å². The quantitative estimate of drug-likeness (QED) is 0.831. The van der Waals surface area contributed by atoms with Crippen molar-refractivity contribution < 1.29 is 9.59 Å².